The van der Waals surface area contributed by atoms with Crippen LogP contribution in [0, 0.1) is 5.82 Å². The predicted molar refractivity (Wildman–Crippen MR) is 106 cm³/mol. The van der Waals surface area contributed by atoms with Crippen molar-refractivity contribution in [2.75, 3.05) is 37.8 Å². The van der Waals surface area contributed by atoms with E-state index in [1.807, 2.05) is 6.92 Å². The van der Waals surface area contributed by atoms with Crippen molar-refractivity contribution in [1.82, 2.24) is 4.98 Å². The highest BCUT2D eigenvalue weighted by Gasteiger charge is 2.23. The van der Waals surface area contributed by atoms with Crippen LogP contribution in [-0.4, -0.2) is 43.7 Å². The first-order chi connectivity index (χ1) is 13.7. The van der Waals surface area contributed by atoms with Gasteiger partial charge in [0, 0.05) is 30.2 Å². The summed E-state index contributed by atoms with van der Waals surface area (Å²) in [6, 6.07) is 11.5. The zero-order valence-electron chi connectivity index (χ0n) is 15.7. The fourth-order valence-electron chi connectivity index (χ4n) is 3.47. The molecule has 0 saturated carbocycles. The van der Waals surface area contributed by atoms with Gasteiger partial charge in [0.1, 0.15) is 11.6 Å². The van der Waals surface area contributed by atoms with Gasteiger partial charge in [0.25, 0.3) is 0 Å². The summed E-state index contributed by atoms with van der Waals surface area (Å²) in [6.45, 7) is 4.88. The number of fused-ring (bicyclic) bond motifs is 1. The maximum atomic E-state index is 14.0. The lowest BCUT2D eigenvalue weighted by Gasteiger charge is -2.31. The molecule has 2 aromatic carbocycles. The first kappa shape index (κ1) is 18.4. The van der Waals surface area contributed by atoms with Crippen LogP contribution in [0.2, 0.25) is 0 Å². The molecule has 144 valence electrons. The molecule has 0 N–H and O–H groups in total. The van der Waals surface area contributed by atoms with Crippen molar-refractivity contribution in [2.24, 2.45) is 0 Å². The summed E-state index contributed by atoms with van der Waals surface area (Å²) in [4.78, 5) is 19.8. The van der Waals surface area contributed by atoms with Crippen LogP contribution < -0.4 is 9.64 Å². The lowest BCUT2D eigenvalue weighted by Crippen LogP contribution is -2.37. The minimum Gasteiger partial charge on any atom is -0.494 e. The monoisotopic (exact) mass is 380 g/mol. The number of nitrogens with zero attached hydrogens (tertiary/aromatic N) is 2. The number of ketones is 1. The van der Waals surface area contributed by atoms with Crippen LogP contribution in [-0.2, 0) is 4.74 Å². The summed E-state index contributed by atoms with van der Waals surface area (Å²) in [6.07, 6.45) is 1.59. The van der Waals surface area contributed by atoms with E-state index in [-0.39, 0.29) is 11.6 Å². The standard InChI is InChI=1S/C22H21FN2O3/c1-2-28-17-6-3-15(4-7-17)22(26)19-14-24-20-8-5-16(23)13-18(20)21(19)25-9-11-27-12-10-25/h3-8,13-14H,2,9-12H2,1H3. The Labute approximate surface area is 162 Å². The number of carbonyl (C=O) groups is 1. The van der Waals surface area contributed by atoms with E-state index in [1.54, 1.807) is 36.5 Å². The number of rotatable bonds is 5. The number of anilines is 1. The van der Waals surface area contributed by atoms with Crippen LogP contribution >= 0.6 is 0 Å². The second kappa shape index (κ2) is 7.94. The molecule has 4 rings (SSSR count). The van der Waals surface area contributed by atoms with Gasteiger partial charge >= 0.3 is 0 Å². The van der Waals surface area contributed by atoms with Crippen molar-refractivity contribution in [1.29, 1.82) is 0 Å². The lowest BCUT2D eigenvalue weighted by atomic mass is 9.99. The Morgan fingerprint density at radius 3 is 2.64 bits per heavy atom. The molecule has 5 nitrogen and oxygen atoms in total. The van der Waals surface area contributed by atoms with Gasteiger partial charge < -0.3 is 14.4 Å². The molecular formula is C22H21FN2O3. The van der Waals surface area contributed by atoms with Gasteiger partial charge in [-0.2, -0.15) is 0 Å². The Hall–Kier alpha value is -2.99. The second-order valence-electron chi connectivity index (χ2n) is 6.57. The third-order valence-electron chi connectivity index (χ3n) is 4.80. The molecule has 1 aliphatic rings. The Balaban J connectivity index is 1.81. The molecule has 0 radical (unpaired) electrons. The van der Waals surface area contributed by atoms with Gasteiger partial charge in [-0.25, -0.2) is 4.39 Å². The molecule has 0 amide bonds. The van der Waals surface area contributed by atoms with Crippen molar-refractivity contribution >= 4 is 22.4 Å². The topological polar surface area (TPSA) is 51.7 Å². The minimum atomic E-state index is -0.352. The molecule has 2 heterocycles. The first-order valence-electron chi connectivity index (χ1n) is 9.36. The van der Waals surface area contributed by atoms with E-state index in [0.29, 0.717) is 66.4 Å². The summed E-state index contributed by atoms with van der Waals surface area (Å²) in [5.41, 5.74) is 2.37. The van der Waals surface area contributed by atoms with E-state index in [1.165, 1.54) is 12.1 Å². The second-order valence-corrected chi connectivity index (χ2v) is 6.57. The Morgan fingerprint density at radius 1 is 1.18 bits per heavy atom. The van der Waals surface area contributed by atoms with Gasteiger partial charge in [-0.3, -0.25) is 9.78 Å². The van der Waals surface area contributed by atoms with Gasteiger partial charge in [0.2, 0.25) is 0 Å². The molecular weight excluding hydrogens is 359 g/mol. The first-order valence-corrected chi connectivity index (χ1v) is 9.36. The number of morpholine rings is 1. The lowest BCUT2D eigenvalue weighted by molar-refractivity contribution is 0.103. The molecule has 6 heteroatoms. The van der Waals surface area contributed by atoms with Crippen molar-refractivity contribution in [3.8, 4) is 5.75 Å². The SMILES string of the molecule is CCOc1ccc(C(=O)c2cnc3ccc(F)cc3c2N2CCOCC2)cc1. The minimum absolute atomic E-state index is 0.150. The summed E-state index contributed by atoms with van der Waals surface area (Å²) < 4.78 is 24.9. The zero-order chi connectivity index (χ0) is 19.5. The number of aromatic nitrogens is 1. The van der Waals surface area contributed by atoms with Gasteiger partial charge in [0.15, 0.2) is 5.78 Å². The number of halogens is 1. The highest BCUT2D eigenvalue weighted by atomic mass is 19.1. The zero-order valence-corrected chi connectivity index (χ0v) is 15.7. The molecule has 1 saturated heterocycles. The molecule has 0 aliphatic carbocycles. The maximum Gasteiger partial charge on any atom is 0.196 e. The number of hydrogen-bond donors (Lipinski definition) is 0. The van der Waals surface area contributed by atoms with Gasteiger partial charge in [-0.1, -0.05) is 0 Å². The van der Waals surface area contributed by atoms with E-state index in [9.17, 15) is 9.18 Å². The summed E-state index contributed by atoms with van der Waals surface area (Å²) in [5.74, 6) is 0.212. The smallest absolute Gasteiger partial charge is 0.196 e. The molecule has 3 aromatic rings. The molecule has 0 atom stereocenters. The van der Waals surface area contributed by atoms with E-state index < -0.39 is 0 Å². The van der Waals surface area contributed by atoms with Gasteiger partial charge in [0.05, 0.1) is 36.6 Å². The van der Waals surface area contributed by atoms with E-state index in [0.717, 1.165) is 0 Å². The molecule has 0 spiro atoms. The van der Waals surface area contributed by atoms with Crippen molar-refractivity contribution < 1.29 is 18.7 Å². The van der Waals surface area contributed by atoms with Gasteiger partial charge in [-0.15, -0.1) is 0 Å². The normalized spacial score (nSPS) is 14.3. The average Bonchev–Trinajstić information content (AvgIpc) is 2.74. The maximum absolute atomic E-state index is 14.0. The molecule has 1 aliphatic heterocycles. The highest BCUT2D eigenvalue weighted by molar-refractivity contribution is 6.16. The fourth-order valence-corrected chi connectivity index (χ4v) is 3.47. The van der Waals surface area contributed by atoms with Crippen molar-refractivity contribution in [2.45, 2.75) is 6.92 Å². The predicted octanol–water partition coefficient (Wildman–Crippen LogP) is 3.84. The van der Waals surface area contributed by atoms with Crippen molar-refractivity contribution in [3.63, 3.8) is 0 Å². The largest absolute Gasteiger partial charge is 0.494 e. The summed E-state index contributed by atoms with van der Waals surface area (Å²) >= 11 is 0. The van der Waals surface area contributed by atoms with Crippen LogP contribution in [0.5, 0.6) is 5.75 Å². The van der Waals surface area contributed by atoms with E-state index in [2.05, 4.69) is 9.88 Å². The number of pyridine rings is 1. The molecule has 1 fully saturated rings. The Bertz CT molecular complexity index is 999. The molecule has 1 aromatic heterocycles. The van der Waals surface area contributed by atoms with Crippen LogP contribution in [0.25, 0.3) is 10.9 Å². The number of ether oxygens (including phenoxy) is 2. The third kappa shape index (κ3) is 3.55. The number of benzene rings is 2. The number of hydrogen-bond acceptors (Lipinski definition) is 5. The fraction of sp³-hybridized carbons (Fsp3) is 0.273. The summed E-state index contributed by atoms with van der Waals surface area (Å²) in [7, 11) is 0. The number of carbonyl (C=O) groups excluding carboxylic acids is 1. The average molecular weight is 380 g/mol. The van der Waals surface area contributed by atoms with Crippen LogP contribution in [0.4, 0.5) is 10.1 Å². The molecule has 0 bridgehead atoms. The quantitative estimate of drug-likeness (QED) is 0.630. The highest BCUT2D eigenvalue weighted by Crippen LogP contribution is 2.32. The van der Waals surface area contributed by atoms with E-state index >= 15 is 0 Å². The Kier molecular flexibility index (Phi) is 5.21. The van der Waals surface area contributed by atoms with Crippen molar-refractivity contribution in [3.05, 3.63) is 65.6 Å². The van der Waals surface area contributed by atoms with E-state index in [4.69, 9.17) is 9.47 Å². The Morgan fingerprint density at radius 2 is 1.93 bits per heavy atom. The van der Waals surface area contributed by atoms with Gasteiger partial charge in [-0.05, 0) is 49.4 Å². The summed E-state index contributed by atoms with van der Waals surface area (Å²) in [5, 5.41) is 0.638. The molecule has 28 heavy (non-hydrogen) atoms. The van der Waals surface area contributed by atoms with Crippen LogP contribution in [0.15, 0.2) is 48.7 Å². The van der Waals surface area contributed by atoms with Crippen LogP contribution in [0.3, 0.4) is 0 Å². The third-order valence-corrected chi connectivity index (χ3v) is 4.80. The molecule has 0 unspecified atom stereocenters. The van der Waals surface area contributed by atoms with Crippen LogP contribution in [0.1, 0.15) is 22.8 Å².